The van der Waals surface area contributed by atoms with Crippen molar-refractivity contribution in [1.82, 2.24) is 0 Å². The second kappa shape index (κ2) is 5.67. The van der Waals surface area contributed by atoms with Crippen molar-refractivity contribution in [2.45, 2.75) is 32.6 Å². The summed E-state index contributed by atoms with van der Waals surface area (Å²) in [5, 5.41) is 0. The first-order valence-electron chi connectivity index (χ1n) is 6.15. The van der Waals surface area contributed by atoms with E-state index < -0.39 is 0 Å². The highest BCUT2D eigenvalue weighted by Crippen LogP contribution is 2.26. The van der Waals surface area contributed by atoms with Gasteiger partial charge < -0.3 is 4.42 Å². The van der Waals surface area contributed by atoms with Crippen LogP contribution in [0, 0.1) is 5.82 Å². The van der Waals surface area contributed by atoms with Gasteiger partial charge in [0.2, 0.25) is 0 Å². The van der Waals surface area contributed by atoms with E-state index in [0.717, 1.165) is 37.0 Å². The van der Waals surface area contributed by atoms with E-state index in [1.54, 1.807) is 0 Å². The van der Waals surface area contributed by atoms with E-state index in [9.17, 15) is 4.39 Å². The summed E-state index contributed by atoms with van der Waals surface area (Å²) in [6.07, 6.45) is 4.19. The zero-order chi connectivity index (χ0) is 12.1. The zero-order valence-corrected chi connectivity index (χ0v) is 10.1. The molecule has 1 aromatic heterocycles. The average molecular weight is 232 g/mol. The fourth-order valence-corrected chi connectivity index (χ4v) is 1.87. The van der Waals surface area contributed by atoms with Crippen LogP contribution in [-0.2, 0) is 6.42 Å². The maximum absolute atomic E-state index is 13.7. The van der Waals surface area contributed by atoms with Crippen LogP contribution in [0.25, 0.3) is 11.3 Å². The second-order valence-corrected chi connectivity index (χ2v) is 4.21. The van der Waals surface area contributed by atoms with Crippen molar-refractivity contribution in [2.75, 3.05) is 0 Å². The Labute approximate surface area is 101 Å². The highest BCUT2D eigenvalue weighted by molar-refractivity contribution is 5.58. The van der Waals surface area contributed by atoms with Gasteiger partial charge in [-0.3, -0.25) is 0 Å². The molecule has 0 spiro atoms. The molecule has 1 nitrogen and oxygen atoms in total. The molecule has 0 aliphatic rings. The van der Waals surface area contributed by atoms with Gasteiger partial charge in [0, 0.05) is 18.1 Å². The normalized spacial score (nSPS) is 10.7. The molecule has 1 aromatic carbocycles. The summed E-state index contributed by atoms with van der Waals surface area (Å²) in [5.41, 5.74) is 0.798. The molecule has 0 fully saturated rings. The van der Waals surface area contributed by atoms with Gasteiger partial charge in [0.1, 0.15) is 5.76 Å². The number of hydrogen-bond donors (Lipinski definition) is 0. The molecule has 0 bridgehead atoms. The van der Waals surface area contributed by atoms with Crippen molar-refractivity contribution in [3.8, 4) is 11.3 Å². The molecular formula is C15H17FO. The van der Waals surface area contributed by atoms with Crippen molar-refractivity contribution >= 4 is 0 Å². The molecule has 0 saturated heterocycles. The standard InChI is InChI=1S/C15H17FO/c1-2-3-5-10-13-11-14(16)15(17-13)12-8-6-4-7-9-12/h4,6-9,11H,2-3,5,10H2,1H3. The van der Waals surface area contributed by atoms with Crippen LogP contribution in [0.1, 0.15) is 31.9 Å². The van der Waals surface area contributed by atoms with E-state index in [-0.39, 0.29) is 5.82 Å². The van der Waals surface area contributed by atoms with Gasteiger partial charge in [-0.25, -0.2) is 4.39 Å². The van der Waals surface area contributed by atoms with Gasteiger partial charge in [-0.05, 0) is 6.42 Å². The number of aryl methyl sites for hydroxylation is 1. The maximum Gasteiger partial charge on any atom is 0.169 e. The largest absolute Gasteiger partial charge is 0.458 e. The third kappa shape index (κ3) is 2.96. The van der Waals surface area contributed by atoms with Gasteiger partial charge in [0.15, 0.2) is 11.6 Å². The second-order valence-electron chi connectivity index (χ2n) is 4.21. The fourth-order valence-electron chi connectivity index (χ4n) is 1.87. The lowest BCUT2D eigenvalue weighted by Crippen LogP contribution is -1.80. The van der Waals surface area contributed by atoms with E-state index in [1.165, 1.54) is 6.07 Å². The van der Waals surface area contributed by atoms with Gasteiger partial charge >= 0.3 is 0 Å². The summed E-state index contributed by atoms with van der Waals surface area (Å²) in [5.74, 6) is 0.842. The molecule has 90 valence electrons. The van der Waals surface area contributed by atoms with Crippen molar-refractivity contribution in [3.05, 3.63) is 48.0 Å². The minimum absolute atomic E-state index is 0.261. The Bertz CT molecular complexity index is 459. The van der Waals surface area contributed by atoms with Crippen LogP contribution >= 0.6 is 0 Å². The van der Waals surface area contributed by atoms with Crippen molar-refractivity contribution in [1.29, 1.82) is 0 Å². The molecule has 0 amide bonds. The van der Waals surface area contributed by atoms with Crippen LogP contribution in [0.15, 0.2) is 40.8 Å². The summed E-state index contributed by atoms with van der Waals surface area (Å²) >= 11 is 0. The molecule has 0 aliphatic heterocycles. The summed E-state index contributed by atoms with van der Waals surface area (Å²) in [6, 6.07) is 10.9. The summed E-state index contributed by atoms with van der Waals surface area (Å²) in [7, 11) is 0. The molecule has 17 heavy (non-hydrogen) atoms. The molecule has 2 aromatic rings. The third-order valence-corrected chi connectivity index (χ3v) is 2.80. The first-order chi connectivity index (χ1) is 8.31. The highest BCUT2D eigenvalue weighted by atomic mass is 19.1. The zero-order valence-electron chi connectivity index (χ0n) is 10.1. The molecule has 0 N–H and O–H groups in total. The van der Waals surface area contributed by atoms with E-state index in [0.29, 0.717) is 5.76 Å². The Morgan fingerprint density at radius 2 is 1.88 bits per heavy atom. The first kappa shape index (κ1) is 11.9. The Balaban J connectivity index is 2.14. The molecule has 0 radical (unpaired) electrons. The lowest BCUT2D eigenvalue weighted by atomic mass is 10.1. The Morgan fingerprint density at radius 1 is 1.12 bits per heavy atom. The lowest BCUT2D eigenvalue weighted by molar-refractivity contribution is 0.498. The van der Waals surface area contributed by atoms with Crippen molar-refractivity contribution in [3.63, 3.8) is 0 Å². The fraction of sp³-hybridized carbons (Fsp3) is 0.333. The van der Waals surface area contributed by atoms with Crippen LogP contribution in [0.2, 0.25) is 0 Å². The molecule has 2 rings (SSSR count). The average Bonchev–Trinajstić information content (AvgIpc) is 2.72. The van der Waals surface area contributed by atoms with Crippen molar-refractivity contribution < 1.29 is 8.81 Å². The Morgan fingerprint density at radius 3 is 2.59 bits per heavy atom. The molecule has 0 saturated carbocycles. The van der Waals surface area contributed by atoms with E-state index in [4.69, 9.17) is 4.42 Å². The number of halogens is 1. The van der Waals surface area contributed by atoms with Crippen LogP contribution in [-0.4, -0.2) is 0 Å². The molecule has 0 unspecified atom stereocenters. The molecule has 1 heterocycles. The molecule has 0 atom stereocenters. The number of furan rings is 1. The Hall–Kier alpha value is -1.57. The summed E-state index contributed by atoms with van der Waals surface area (Å²) < 4.78 is 19.3. The number of rotatable bonds is 5. The first-order valence-corrected chi connectivity index (χ1v) is 6.15. The van der Waals surface area contributed by atoms with Gasteiger partial charge in [-0.1, -0.05) is 50.1 Å². The van der Waals surface area contributed by atoms with E-state index in [1.807, 2.05) is 30.3 Å². The monoisotopic (exact) mass is 232 g/mol. The number of hydrogen-bond acceptors (Lipinski definition) is 1. The Kier molecular flexibility index (Phi) is 3.97. The van der Waals surface area contributed by atoms with Gasteiger partial charge in [0.25, 0.3) is 0 Å². The van der Waals surface area contributed by atoms with E-state index in [2.05, 4.69) is 6.92 Å². The van der Waals surface area contributed by atoms with Crippen molar-refractivity contribution in [2.24, 2.45) is 0 Å². The predicted molar refractivity (Wildman–Crippen MR) is 67.3 cm³/mol. The minimum Gasteiger partial charge on any atom is -0.458 e. The lowest BCUT2D eigenvalue weighted by Gasteiger charge is -1.97. The molecule has 2 heteroatoms. The van der Waals surface area contributed by atoms with Crippen LogP contribution in [0.3, 0.4) is 0 Å². The quantitative estimate of drug-likeness (QED) is 0.674. The molecule has 0 aliphatic carbocycles. The van der Waals surface area contributed by atoms with Gasteiger partial charge in [-0.15, -0.1) is 0 Å². The SMILES string of the molecule is CCCCCc1cc(F)c(-c2ccccc2)o1. The number of unbranched alkanes of at least 4 members (excludes halogenated alkanes) is 2. The summed E-state index contributed by atoms with van der Waals surface area (Å²) in [6.45, 7) is 2.15. The van der Waals surface area contributed by atoms with Crippen LogP contribution < -0.4 is 0 Å². The molecular weight excluding hydrogens is 215 g/mol. The highest BCUT2D eigenvalue weighted by Gasteiger charge is 2.12. The topological polar surface area (TPSA) is 13.1 Å². The van der Waals surface area contributed by atoms with Gasteiger partial charge in [0.05, 0.1) is 0 Å². The van der Waals surface area contributed by atoms with Crippen LogP contribution in [0.5, 0.6) is 0 Å². The third-order valence-electron chi connectivity index (χ3n) is 2.80. The number of benzene rings is 1. The minimum atomic E-state index is -0.261. The van der Waals surface area contributed by atoms with Crippen LogP contribution in [0.4, 0.5) is 4.39 Å². The maximum atomic E-state index is 13.7. The smallest absolute Gasteiger partial charge is 0.169 e. The summed E-state index contributed by atoms with van der Waals surface area (Å²) in [4.78, 5) is 0. The van der Waals surface area contributed by atoms with Gasteiger partial charge in [-0.2, -0.15) is 0 Å². The predicted octanol–water partition coefficient (Wildman–Crippen LogP) is 4.82. The van der Waals surface area contributed by atoms with E-state index >= 15 is 0 Å².